The number of piperidine rings is 1. The van der Waals surface area contributed by atoms with Crippen LogP contribution in [0.5, 0.6) is 0 Å². The lowest BCUT2D eigenvalue weighted by Gasteiger charge is -2.34. The second-order valence-electron chi connectivity index (χ2n) is 6.14. The van der Waals surface area contributed by atoms with Crippen LogP contribution < -0.4 is 16.5 Å². The molecule has 2 heterocycles. The van der Waals surface area contributed by atoms with E-state index in [0.29, 0.717) is 23.8 Å². The van der Waals surface area contributed by atoms with Gasteiger partial charge in [0.25, 0.3) is 0 Å². The van der Waals surface area contributed by atoms with Gasteiger partial charge in [0.1, 0.15) is 5.84 Å². The highest BCUT2D eigenvalue weighted by Gasteiger charge is 2.37. The van der Waals surface area contributed by atoms with Crippen LogP contribution in [0, 0.1) is 5.92 Å². The Kier molecular flexibility index (Phi) is 3.92. The predicted molar refractivity (Wildman–Crippen MR) is 82.3 cm³/mol. The van der Waals surface area contributed by atoms with Gasteiger partial charge in [-0.15, -0.1) is 0 Å². The second-order valence-corrected chi connectivity index (χ2v) is 6.14. The summed E-state index contributed by atoms with van der Waals surface area (Å²) in [5, 5.41) is 7.97. The lowest BCUT2D eigenvalue weighted by Crippen LogP contribution is -2.42. The maximum absolute atomic E-state index is 5.69. The lowest BCUT2D eigenvalue weighted by atomic mass is 9.83. The Morgan fingerprint density at radius 2 is 1.90 bits per heavy atom. The van der Waals surface area contributed by atoms with E-state index in [0.717, 1.165) is 0 Å². The summed E-state index contributed by atoms with van der Waals surface area (Å²) in [5.74, 6) is 1.21. The second kappa shape index (κ2) is 5.83. The molecular formula is C16H24N4. The summed E-state index contributed by atoms with van der Waals surface area (Å²) in [6, 6.07) is 12.3. The van der Waals surface area contributed by atoms with Gasteiger partial charge in [0, 0.05) is 12.1 Å². The number of fused-ring (bicyclic) bond motifs is 2. The molecule has 108 valence electrons. The van der Waals surface area contributed by atoms with Gasteiger partial charge in [-0.2, -0.15) is 5.10 Å². The molecule has 2 bridgehead atoms. The number of rotatable bonds is 4. The third-order valence-corrected chi connectivity index (χ3v) is 4.52. The zero-order valence-corrected chi connectivity index (χ0v) is 12.0. The maximum atomic E-state index is 5.69. The van der Waals surface area contributed by atoms with Crippen LogP contribution in [0.1, 0.15) is 44.2 Å². The van der Waals surface area contributed by atoms with Gasteiger partial charge in [-0.3, -0.25) is 0 Å². The first-order chi connectivity index (χ1) is 9.72. The van der Waals surface area contributed by atoms with Crippen molar-refractivity contribution in [2.75, 3.05) is 0 Å². The molecule has 20 heavy (non-hydrogen) atoms. The van der Waals surface area contributed by atoms with Crippen LogP contribution in [0.3, 0.4) is 0 Å². The molecule has 1 aromatic rings. The standard InChI is InChI=1S/C16H24N4/c1-11(17)19-20-16(12-5-3-2-4-6-12)13-9-14-7-8-15(10-13)18-14/h2-6,13-16,18,20H,7-10H2,1H3,(H2,17,19)/t13?,14?,15?,16-/m1/s1. The highest BCUT2D eigenvalue weighted by atomic mass is 15.3. The van der Waals surface area contributed by atoms with Crippen LogP contribution in [-0.2, 0) is 0 Å². The van der Waals surface area contributed by atoms with Crippen LogP contribution in [0.25, 0.3) is 0 Å². The highest BCUT2D eigenvalue weighted by Crippen LogP contribution is 2.38. The molecular weight excluding hydrogens is 248 g/mol. The minimum absolute atomic E-state index is 0.264. The van der Waals surface area contributed by atoms with E-state index in [9.17, 15) is 0 Å². The van der Waals surface area contributed by atoms with Crippen molar-refractivity contribution in [3.63, 3.8) is 0 Å². The van der Waals surface area contributed by atoms with E-state index in [1.54, 1.807) is 0 Å². The van der Waals surface area contributed by atoms with Crippen LogP contribution in [0.2, 0.25) is 0 Å². The molecule has 4 heteroatoms. The molecule has 2 unspecified atom stereocenters. The molecule has 0 radical (unpaired) electrons. The lowest BCUT2D eigenvalue weighted by molar-refractivity contribution is 0.238. The average Bonchev–Trinajstić information content (AvgIpc) is 2.79. The molecule has 4 N–H and O–H groups in total. The number of nitrogens with two attached hydrogens (primary N) is 1. The van der Waals surface area contributed by atoms with Gasteiger partial charge in [-0.05, 0) is 44.1 Å². The molecule has 4 nitrogen and oxygen atoms in total. The molecule has 0 aliphatic carbocycles. The highest BCUT2D eigenvalue weighted by molar-refractivity contribution is 5.77. The Morgan fingerprint density at radius 1 is 1.25 bits per heavy atom. The zero-order valence-electron chi connectivity index (χ0n) is 12.0. The number of hydrazone groups is 1. The van der Waals surface area contributed by atoms with Crippen molar-refractivity contribution in [2.45, 2.75) is 50.7 Å². The molecule has 0 amide bonds. The molecule has 1 aromatic carbocycles. The first-order valence-electron chi connectivity index (χ1n) is 7.58. The van der Waals surface area contributed by atoms with Crippen molar-refractivity contribution in [3.05, 3.63) is 35.9 Å². The predicted octanol–water partition coefficient (Wildman–Crippen LogP) is 2.14. The largest absolute Gasteiger partial charge is 0.386 e. The third kappa shape index (κ3) is 2.96. The van der Waals surface area contributed by atoms with Crippen molar-refractivity contribution in [1.82, 2.24) is 10.7 Å². The molecule has 2 aliphatic rings. The Hall–Kier alpha value is -1.55. The van der Waals surface area contributed by atoms with Crippen molar-refractivity contribution < 1.29 is 0 Å². The van der Waals surface area contributed by atoms with Gasteiger partial charge in [0.05, 0.1) is 6.04 Å². The van der Waals surface area contributed by atoms with E-state index in [1.165, 1.54) is 31.2 Å². The minimum Gasteiger partial charge on any atom is -0.386 e. The van der Waals surface area contributed by atoms with Crippen molar-refractivity contribution in [1.29, 1.82) is 0 Å². The molecule has 3 atom stereocenters. The summed E-state index contributed by atoms with van der Waals surface area (Å²) < 4.78 is 0. The number of nitrogens with one attached hydrogen (secondary N) is 2. The first kappa shape index (κ1) is 13.4. The van der Waals surface area contributed by atoms with E-state index >= 15 is 0 Å². The number of benzene rings is 1. The Morgan fingerprint density at radius 3 is 2.50 bits per heavy atom. The van der Waals surface area contributed by atoms with Gasteiger partial charge in [0.15, 0.2) is 0 Å². The fourth-order valence-electron chi connectivity index (χ4n) is 3.66. The van der Waals surface area contributed by atoms with Gasteiger partial charge >= 0.3 is 0 Å². The smallest absolute Gasteiger partial charge is 0.116 e. The van der Waals surface area contributed by atoms with Crippen LogP contribution in [-0.4, -0.2) is 17.9 Å². The van der Waals surface area contributed by atoms with Gasteiger partial charge in [0.2, 0.25) is 0 Å². The van der Waals surface area contributed by atoms with E-state index in [1.807, 2.05) is 6.92 Å². The number of hydrogen-bond donors (Lipinski definition) is 3. The van der Waals surface area contributed by atoms with Crippen molar-refractivity contribution >= 4 is 5.84 Å². The molecule has 2 aliphatic heterocycles. The third-order valence-electron chi connectivity index (χ3n) is 4.52. The molecule has 2 fully saturated rings. The SMILES string of the molecule is C/C(N)=N/N[C@H](c1ccccc1)C1CC2CCC(C1)N2. The Balaban J connectivity index is 1.80. The van der Waals surface area contributed by atoms with E-state index in [2.05, 4.69) is 46.2 Å². The molecule has 3 rings (SSSR count). The normalized spacial score (nSPS) is 31.1. The fraction of sp³-hybridized carbons (Fsp3) is 0.562. The van der Waals surface area contributed by atoms with Gasteiger partial charge in [-0.25, -0.2) is 0 Å². The average molecular weight is 272 g/mol. The van der Waals surface area contributed by atoms with Crippen molar-refractivity contribution in [3.8, 4) is 0 Å². The summed E-state index contributed by atoms with van der Waals surface area (Å²) in [5.41, 5.74) is 10.3. The van der Waals surface area contributed by atoms with E-state index in [-0.39, 0.29) is 6.04 Å². The first-order valence-corrected chi connectivity index (χ1v) is 7.58. The van der Waals surface area contributed by atoms with Gasteiger partial charge < -0.3 is 16.5 Å². The summed E-state index contributed by atoms with van der Waals surface area (Å²) in [7, 11) is 0. The number of nitrogens with zero attached hydrogens (tertiary/aromatic N) is 1. The van der Waals surface area contributed by atoms with Crippen LogP contribution in [0.15, 0.2) is 35.4 Å². The molecule has 0 aromatic heterocycles. The molecule has 0 saturated carbocycles. The monoisotopic (exact) mass is 272 g/mol. The number of amidine groups is 1. The Labute approximate surface area is 120 Å². The van der Waals surface area contributed by atoms with Gasteiger partial charge in [-0.1, -0.05) is 30.3 Å². The minimum atomic E-state index is 0.264. The van der Waals surface area contributed by atoms with Crippen molar-refractivity contribution in [2.24, 2.45) is 16.8 Å². The van der Waals surface area contributed by atoms with E-state index in [4.69, 9.17) is 5.73 Å². The summed E-state index contributed by atoms with van der Waals surface area (Å²) in [6.45, 7) is 1.82. The molecule has 2 saturated heterocycles. The number of hydrogen-bond acceptors (Lipinski definition) is 3. The quantitative estimate of drug-likeness (QED) is 0.447. The zero-order chi connectivity index (χ0) is 13.9. The summed E-state index contributed by atoms with van der Waals surface area (Å²) in [4.78, 5) is 0. The van der Waals surface area contributed by atoms with E-state index < -0.39 is 0 Å². The fourth-order valence-corrected chi connectivity index (χ4v) is 3.66. The molecule has 0 spiro atoms. The topological polar surface area (TPSA) is 62.4 Å². The van der Waals surface area contributed by atoms with Crippen LogP contribution >= 0.6 is 0 Å². The summed E-state index contributed by atoms with van der Waals surface area (Å²) in [6.07, 6.45) is 5.09. The maximum Gasteiger partial charge on any atom is 0.116 e. The Bertz CT molecular complexity index is 455. The van der Waals surface area contributed by atoms with Crippen LogP contribution in [0.4, 0.5) is 0 Å². The summed E-state index contributed by atoms with van der Waals surface area (Å²) >= 11 is 0.